The predicted octanol–water partition coefficient (Wildman–Crippen LogP) is 5.65. The normalized spacial score (nSPS) is 17.5. The van der Waals surface area contributed by atoms with E-state index in [2.05, 4.69) is 25.6 Å². The van der Waals surface area contributed by atoms with Gasteiger partial charge in [-0.15, -0.1) is 0 Å². The highest BCUT2D eigenvalue weighted by Gasteiger charge is 2.31. The van der Waals surface area contributed by atoms with Crippen molar-refractivity contribution in [2.24, 2.45) is 0 Å². The molecule has 1 aliphatic rings. The lowest BCUT2D eigenvalue weighted by Gasteiger charge is -2.30. The monoisotopic (exact) mass is 689 g/mol. The first-order valence-corrected chi connectivity index (χ1v) is 16.5. The zero-order valence-corrected chi connectivity index (χ0v) is 27.2. The van der Waals surface area contributed by atoms with Crippen LogP contribution in [0.4, 0.5) is 38.4 Å². The molecule has 1 aliphatic carbocycles. The molecule has 0 spiro atoms. The number of benzene rings is 1. The molecular weight excluding hydrogens is 653 g/mol. The van der Waals surface area contributed by atoms with Gasteiger partial charge in [-0.2, -0.15) is 18.2 Å². The fourth-order valence-corrected chi connectivity index (χ4v) is 6.17. The predicted molar refractivity (Wildman–Crippen MR) is 164 cm³/mol. The average Bonchev–Trinajstić information content (AvgIpc) is 2.91. The Hall–Kier alpha value is -4.09. The second-order valence-corrected chi connectivity index (χ2v) is 14.4. The molecule has 4 rings (SSSR count). The number of halogens is 5. The number of nitrogens with zero attached hydrogens (tertiary/aromatic N) is 4. The van der Waals surface area contributed by atoms with E-state index in [9.17, 15) is 31.2 Å². The van der Waals surface area contributed by atoms with Crippen LogP contribution in [-0.2, 0) is 14.8 Å². The van der Waals surface area contributed by atoms with Gasteiger partial charge in [-0.1, -0.05) is 0 Å². The lowest BCUT2D eigenvalue weighted by atomic mass is 9.91. The van der Waals surface area contributed by atoms with Crippen LogP contribution in [0.1, 0.15) is 72.8 Å². The molecule has 0 bridgehead atoms. The number of alkyl halides is 3. The summed E-state index contributed by atoms with van der Waals surface area (Å²) in [4.78, 5) is 38.5. The van der Waals surface area contributed by atoms with Gasteiger partial charge in [-0.25, -0.2) is 32.0 Å². The summed E-state index contributed by atoms with van der Waals surface area (Å²) in [5.74, 6) is -3.89. The number of hydrogen-bond acceptors (Lipinski definition) is 9. The minimum Gasteiger partial charge on any atom is -0.444 e. The third-order valence-corrected chi connectivity index (χ3v) is 8.42. The molecule has 1 fully saturated rings. The van der Waals surface area contributed by atoms with Gasteiger partial charge < -0.3 is 15.4 Å². The Morgan fingerprint density at radius 3 is 2.19 bits per heavy atom. The lowest BCUT2D eigenvalue weighted by molar-refractivity contribution is -0.129. The number of sulfonamides is 1. The molecule has 1 aromatic carbocycles. The summed E-state index contributed by atoms with van der Waals surface area (Å²) < 4.78 is 100. The summed E-state index contributed by atoms with van der Waals surface area (Å²) in [5, 5.41) is 6.10. The van der Waals surface area contributed by atoms with Crippen LogP contribution >= 0.6 is 0 Å². The molecule has 2 heterocycles. The zero-order chi connectivity index (χ0) is 34.9. The number of hydrogen-bond donors (Lipinski definition) is 3. The Kier molecular flexibility index (Phi) is 10.3. The molecule has 18 heteroatoms. The summed E-state index contributed by atoms with van der Waals surface area (Å²) in [7, 11) is -4.59. The molecule has 0 unspecified atom stereocenters. The number of fused-ring (bicyclic) bond motifs is 1. The van der Waals surface area contributed by atoms with E-state index in [1.165, 1.54) is 10.8 Å². The first-order chi connectivity index (χ1) is 21.7. The van der Waals surface area contributed by atoms with E-state index < -0.39 is 80.2 Å². The van der Waals surface area contributed by atoms with Crippen LogP contribution in [0, 0.1) is 11.6 Å². The van der Waals surface area contributed by atoms with Crippen LogP contribution in [0.25, 0.3) is 22.4 Å². The van der Waals surface area contributed by atoms with Crippen molar-refractivity contribution >= 4 is 38.9 Å². The number of carbonyl (C=O) groups is 1. The molecule has 3 N–H and O–H groups in total. The maximum absolute atomic E-state index is 15.2. The van der Waals surface area contributed by atoms with Gasteiger partial charge in [0.05, 0.1) is 29.6 Å². The van der Waals surface area contributed by atoms with Gasteiger partial charge in [0.15, 0.2) is 5.65 Å². The van der Waals surface area contributed by atoms with Crippen LogP contribution in [0.3, 0.4) is 0 Å². The molecule has 0 aliphatic heterocycles. The van der Waals surface area contributed by atoms with Crippen molar-refractivity contribution in [3.8, 4) is 11.3 Å². The Bertz CT molecular complexity index is 1780. The lowest BCUT2D eigenvalue weighted by Crippen LogP contribution is -2.42. The quantitative estimate of drug-likeness (QED) is 0.242. The molecule has 3 aromatic rings. The molecule has 0 radical (unpaired) electrons. The smallest absolute Gasteiger partial charge is 0.407 e. The zero-order valence-electron chi connectivity index (χ0n) is 26.3. The fourth-order valence-electron chi connectivity index (χ4n) is 5.09. The minimum absolute atomic E-state index is 0.0387. The van der Waals surface area contributed by atoms with Gasteiger partial charge in [0.1, 0.15) is 28.4 Å². The van der Waals surface area contributed by atoms with Gasteiger partial charge in [0, 0.05) is 18.1 Å². The van der Waals surface area contributed by atoms with E-state index in [4.69, 9.17) is 4.74 Å². The molecule has 258 valence electrons. The van der Waals surface area contributed by atoms with Gasteiger partial charge in [0.25, 0.3) is 5.56 Å². The first kappa shape index (κ1) is 35.8. The van der Waals surface area contributed by atoms with E-state index in [1.54, 1.807) is 39.3 Å². The van der Waals surface area contributed by atoms with Crippen molar-refractivity contribution < 1.29 is 39.9 Å². The topological polar surface area (TPSA) is 157 Å². The van der Waals surface area contributed by atoms with Crippen molar-refractivity contribution in [3.63, 3.8) is 0 Å². The Morgan fingerprint density at radius 1 is 1.04 bits per heavy atom. The van der Waals surface area contributed by atoms with Gasteiger partial charge in [-0.3, -0.25) is 14.1 Å². The Balaban J connectivity index is 1.56. The Labute approximate surface area is 267 Å². The summed E-state index contributed by atoms with van der Waals surface area (Å²) in [6, 6.07) is 0.461. The molecule has 12 nitrogen and oxygen atoms in total. The van der Waals surface area contributed by atoms with Crippen molar-refractivity contribution in [3.05, 3.63) is 40.3 Å². The number of nitrogens with one attached hydrogen (secondary N) is 3. The fraction of sp³-hybridized carbons (Fsp3) is 0.552. The first-order valence-electron chi connectivity index (χ1n) is 14.8. The maximum Gasteiger partial charge on any atom is 0.407 e. The highest BCUT2D eigenvalue weighted by Crippen LogP contribution is 2.29. The number of aromatic nitrogens is 4. The van der Waals surface area contributed by atoms with Crippen LogP contribution in [0.5, 0.6) is 0 Å². The van der Waals surface area contributed by atoms with Crippen LogP contribution in [-0.4, -0.2) is 63.6 Å². The number of ether oxygens (including phenoxy) is 1. The van der Waals surface area contributed by atoms with Gasteiger partial charge in [-0.05, 0) is 72.4 Å². The average molecular weight is 690 g/mol. The van der Waals surface area contributed by atoms with Crippen molar-refractivity contribution in [2.45, 2.75) is 96.6 Å². The number of carbonyl (C=O) groups excluding carboxylic acids is 1. The molecule has 47 heavy (non-hydrogen) atoms. The van der Waals surface area contributed by atoms with Crippen LogP contribution in [0.2, 0.25) is 0 Å². The van der Waals surface area contributed by atoms with Crippen molar-refractivity contribution in [1.82, 2.24) is 24.8 Å². The van der Waals surface area contributed by atoms with Crippen molar-refractivity contribution in [1.29, 1.82) is 0 Å². The van der Waals surface area contributed by atoms with E-state index in [-0.39, 0.29) is 29.2 Å². The number of anilines is 2. The molecule has 0 atom stereocenters. The summed E-state index contributed by atoms with van der Waals surface area (Å²) in [5.41, 5.74) is -3.51. The van der Waals surface area contributed by atoms with E-state index in [0.717, 1.165) is 0 Å². The van der Waals surface area contributed by atoms with Gasteiger partial charge >= 0.3 is 12.3 Å². The standard InChI is InChI=1S/C29H36F5N7O5S/c1-15(2)41-24-21(14-35-26(39-24)36-16-6-8-17(9-7-16)37-27(43)46-28(3,4)5)38-23(25(41)42)22-19(30)12-18(13-20(22)31)40-47(44,45)11-10-29(32,33)34/h12-17,40H,6-11H2,1-5H3,(H,37,43)(H,35,36,39)/t16-,17-. The second-order valence-electron chi connectivity index (χ2n) is 12.6. The van der Waals surface area contributed by atoms with Crippen LogP contribution in [0.15, 0.2) is 23.1 Å². The van der Waals surface area contributed by atoms with E-state index in [0.29, 0.717) is 37.8 Å². The molecule has 1 saturated carbocycles. The third kappa shape index (κ3) is 9.48. The summed E-state index contributed by atoms with van der Waals surface area (Å²) >= 11 is 0. The third-order valence-electron chi connectivity index (χ3n) is 7.14. The second kappa shape index (κ2) is 13.6. The molecule has 1 amide bonds. The van der Waals surface area contributed by atoms with Gasteiger partial charge in [0.2, 0.25) is 16.0 Å². The minimum atomic E-state index is -4.75. The number of rotatable bonds is 9. The SMILES string of the molecule is CC(C)n1c(=O)c(-c2c(F)cc(NS(=O)(=O)CCC(F)(F)F)cc2F)nc2cnc(N[C@H]3CC[C@H](NC(=O)OC(C)(C)C)CC3)nc21. The highest BCUT2D eigenvalue weighted by atomic mass is 32.2. The van der Waals surface area contributed by atoms with E-state index >= 15 is 8.78 Å². The summed E-state index contributed by atoms with van der Waals surface area (Å²) in [6.07, 6.45) is -2.88. The number of amides is 1. The summed E-state index contributed by atoms with van der Waals surface area (Å²) in [6.45, 7) is 8.66. The molecular formula is C29H36F5N7O5S. The van der Waals surface area contributed by atoms with Crippen molar-refractivity contribution in [2.75, 3.05) is 15.8 Å². The highest BCUT2D eigenvalue weighted by molar-refractivity contribution is 7.92. The molecule has 0 saturated heterocycles. The molecule has 2 aromatic heterocycles. The maximum atomic E-state index is 15.2. The Morgan fingerprint density at radius 2 is 1.64 bits per heavy atom. The van der Waals surface area contributed by atoms with Crippen LogP contribution < -0.4 is 20.9 Å². The number of alkyl carbamates (subject to hydrolysis) is 1. The van der Waals surface area contributed by atoms with E-state index in [1.807, 2.05) is 0 Å². The largest absolute Gasteiger partial charge is 0.444 e.